The molecule has 0 saturated heterocycles. The molecule has 0 heterocycles. The van der Waals surface area contributed by atoms with Gasteiger partial charge in [-0.25, -0.2) is 0 Å². The Morgan fingerprint density at radius 2 is 1.57 bits per heavy atom. The molecule has 0 aromatic heterocycles. The number of carboxylic acids is 1. The third-order valence-electron chi connectivity index (χ3n) is 3.66. The van der Waals surface area contributed by atoms with Gasteiger partial charge in [0.2, 0.25) is 0 Å². The summed E-state index contributed by atoms with van der Waals surface area (Å²) in [5.41, 5.74) is 2.21. The SMILES string of the molecule is O=C(O)C(CCCc1ccccc1)C(S)c1ccccc1. The maximum Gasteiger partial charge on any atom is 0.307 e. The van der Waals surface area contributed by atoms with Crippen LogP contribution in [-0.2, 0) is 11.2 Å². The number of benzene rings is 2. The van der Waals surface area contributed by atoms with Gasteiger partial charge in [-0.05, 0) is 30.4 Å². The minimum absolute atomic E-state index is 0.264. The first-order valence-corrected chi connectivity index (χ1v) is 7.70. The molecule has 0 amide bonds. The lowest BCUT2D eigenvalue weighted by atomic mass is 9.92. The molecule has 3 heteroatoms. The minimum Gasteiger partial charge on any atom is -0.481 e. The van der Waals surface area contributed by atoms with Crippen LogP contribution in [0.4, 0.5) is 0 Å². The van der Waals surface area contributed by atoms with E-state index in [1.807, 2.05) is 48.5 Å². The van der Waals surface area contributed by atoms with Crippen molar-refractivity contribution in [2.24, 2.45) is 5.92 Å². The largest absolute Gasteiger partial charge is 0.481 e. The Morgan fingerprint density at radius 3 is 2.14 bits per heavy atom. The van der Waals surface area contributed by atoms with Gasteiger partial charge >= 0.3 is 5.97 Å². The highest BCUT2D eigenvalue weighted by molar-refractivity contribution is 7.80. The highest BCUT2D eigenvalue weighted by Gasteiger charge is 2.26. The molecule has 2 unspecified atom stereocenters. The molecule has 21 heavy (non-hydrogen) atoms. The predicted octanol–water partition coefficient (Wildman–Crippen LogP) is 4.38. The van der Waals surface area contributed by atoms with Crippen molar-refractivity contribution in [3.63, 3.8) is 0 Å². The molecular formula is C18H20O2S. The predicted molar refractivity (Wildman–Crippen MR) is 88.7 cm³/mol. The second-order valence-electron chi connectivity index (χ2n) is 5.18. The second kappa shape index (κ2) is 7.89. The molecule has 0 aliphatic carbocycles. The molecule has 2 rings (SSSR count). The minimum atomic E-state index is -0.771. The van der Waals surface area contributed by atoms with Crippen molar-refractivity contribution in [3.05, 3.63) is 71.8 Å². The number of carboxylic acid groups (broad SMARTS) is 1. The van der Waals surface area contributed by atoms with Gasteiger partial charge in [0.05, 0.1) is 5.92 Å². The van der Waals surface area contributed by atoms with E-state index in [2.05, 4.69) is 24.8 Å². The summed E-state index contributed by atoms with van der Waals surface area (Å²) in [6.45, 7) is 0. The van der Waals surface area contributed by atoms with Crippen LogP contribution in [0.1, 0.15) is 29.2 Å². The lowest BCUT2D eigenvalue weighted by Gasteiger charge is -2.19. The number of thiol groups is 1. The van der Waals surface area contributed by atoms with Gasteiger partial charge in [0.15, 0.2) is 0 Å². The third kappa shape index (κ3) is 4.64. The van der Waals surface area contributed by atoms with Crippen molar-refractivity contribution in [1.29, 1.82) is 0 Å². The summed E-state index contributed by atoms with van der Waals surface area (Å²) in [6.07, 6.45) is 2.39. The number of aliphatic carboxylic acids is 1. The van der Waals surface area contributed by atoms with Crippen molar-refractivity contribution in [3.8, 4) is 0 Å². The van der Waals surface area contributed by atoms with Gasteiger partial charge in [-0.2, -0.15) is 12.6 Å². The Morgan fingerprint density at radius 1 is 1.00 bits per heavy atom. The van der Waals surface area contributed by atoms with E-state index in [0.29, 0.717) is 6.42 Å². The molecule has 2 nitrogen and oxygen atoms in total. The van der Waals surface area contributed by atoms with Crippen LogP contribution >= 0.6 is 12.6 Å². The van der Waals surface area contributed by atoms with Crippen molar-refractivity contribution < 1.29 is 9.90 Å². The zero-order chi connectivity index (χ0) is 15.1. The van der Waals surface area contributed by atoms with E-state index in [9.17, 15) is 9.90 Å². The maximum absolute atomic E-state index is 11.5. The Balaban J connectivity index is 1.95. The van der Waals surface area contributed by atoms with Gasteiger partial charge in [-0.1, -0.05) is 60.7 Å². The Bertz CT molecular complexity index is 554. The molecule has 1 N–H and O–H groups in total. The summed E-state index contributed by atoms with van der Waals surface area (Å²) in [5.74, 6) is -1.23. The Hall–Kier alpha value is -1.74. The number of rotatable bonds is 7. The lowest BCUT2D eigenvalue weighted by Crippen LogP contribution is -2.19. The van der Waals surface area contributed by atoms with Crippen molar-refractivity contribution in [1.82, 2.24) is 0 Å². The Kier molecular flexibility index (Phi) is 5.88. The molecule has 2 aromatic carbocycles. The van der Waals surface area contributed by atoms with Crippen molar-refractivity contribution in [2.75, 3.05) is 0 Å². The molecular weight excluding hydrogens is 280 g/mol. The molecule has 2 aromatic rings. The number of carbonyl (C=O) groups is 1. The van der Waals surface area contributed by atoms with Crippen LogP contribution in [-0.4, -0.2) is 11.1 Å². The molecule has 110 valence electrons. The maximum atomic E-state index is 11.5. The molecule has 0 aliphatic heterocycles. The first kappa shape index (κ1) is 15.6. The van der Waals surface area contributed by atoms with Crippen molar-refractivity contribution in [2.45, 2.75) is 24.5 Å². The standard InChI is InChI=1S/C18H20O2S/c19-18(20)16(17(21)15-11-5-2-6-12-15)13-7-10-14-8-3-1-4-9-14/h1-6,8-9,11-12,16-17,21H,7,10,13H2,(H,19,20). The van der Waals surface area contributed by atoms with Gasteiger partial charge in [0, 0.05) is 5.25 Å². The summed E-state index contributed by atoms with van der Waals surface area (Å²) in [6, 6.07) is 19.8. The van der Waals surface area contributed by atoms with Crippen LogP contribution < -0.4 is 0 Å². The first-order chi connectivity index (χ1) is 10.2. The fourth-order valence-corrected chi connectivity index (χ4v) is 2.92. The summed E-state index contributed by atoms with van der Waals surface area (Å²) >= 11 is 4.53. The van der Waals surface area contributed by atoms with Gasteiger partial charge < -0.3 is 5.11 Å². The summed E-state index contributed by atoms with van der Waals surface area (Å²) in [7, 11) is 0. The topological polar surface area (TPSA) is 37.3 Å². The van der Waals surface area contributed by atoms with Crippen LogP contribution in [0, 0.1) is 5.92 Å². The average Bonchev–Trinajstić information content (AvgIpc) is 2.52. The van der Waals surface area contributed by atoms with Crippen molar-refractivity contribution >= 4 is 18.6 Å². The molecule has 2 atom stereocenters. The number of hydrogen-bond acceptors (Lipinski definition) is 2. The molecule has 0 fully saturated rings. The summed E-state index contributed by atoms with van der Waals surface area (Å²) < 4.78 is 0. The van der Waals surface area contributed by atoms with Gasteiger partial charge in [0.25, 0.3) is 0 Å². The Labute approximate surface area is 131 Å². The molecule has 0 radical (unpaired) electrons. The fourth-order valence-electron chi connectivity index (χ4n) is 2.47. The quantitative estimate of drug-likeness (QED) is 0.745. The fraction of sp³-hybridized carbons (Fsp3) is 0.278. The summed E-state index contributed by atoms with van der Waals surface area (Å²) in [5, 5.41) is 9.19. The van der Waals surface area contributed by atoms with E-state index in [4.69, 9.17) is 0 Å². The lowest BCUT2D eigenvalue weighted by molar-refractivity contribution is -0.142. The highest BCUT2D eigenvalue weighted by atomic mass is 32.1. The van der Waals surface area contributed by atoms with E-state index in [-0.39, 0.29) is 5.25 Å². The van der Waals surface area contributed by atoms with Crippen LogP contribution in [0.3, 0.4) is 0 Å². The molecule has 0 spiro atoms. The van der Waals surface area contributed by atoms with Gasteiger partial charge in [-0.15, -0.1) is 0 Å². The zero-order valence-electron chi connectivity index (χ0n) is 11.9. The van der Waals surface area contributed by atoms with Gasteiger partial charge in [0.1, 0.15) is 0 Å². The van der Waals surface area contributed by atoms with E-state index < -0.39 is 11.9 Å². The molecule has 0 bridgehead atoms. The zero-order valence-corrected chi connectivity index (χ0v) is 12.7. The monoisotopic (exact) mass is 300 g/mol. The summed E-state index contributed by atoms with van der Waals surface area (Å²) in [4.78, 5) is 11.5. The third-order valence-corrected chi connectivity index (χ3v) is 4.32. The van der Waals surface area contributed by atoms with E-state index >= 15 is 0 Å². The highest BCUT2D eigenvalue weighted by Crippen LogP contribution is 2.32. The van der Waals surface area contributed by atoms with Crippen LogP contribution in [0.2, 0.25) is 0 Å². The second-order valence-corrected chi connectivity index (χ2v) is 5.73. The van der Waals surface area contributed by atoms with Crippen LogP contribution in [0.5, 0.6) is 0 Å². The van der Waals surface area contributed by atoms with Gasteiger partial charge in [-0.3, -0.25) is 4.79 Å². The number of hydrogen-bond donors (Lipinski definition) is 2. The van der Waals surface area contributed by atoms with Crippen LogP contribution in [0.15, 0.2) is 60.7 Å². The smallest absolute Gasteiger partial charge is 0.307 e. The first-order valence-electron chi connectivity index (χ1n) is 7.18. The van der Waals surface area contributed by atoms with E-state index in [0.717, 1.165) is 18.4 Å². The van der Waals surface area contributed by atoms with E-state index in [1.165, 1.54) is 5.56 Å². The molecule has 0 aliphatic rings. The average molecular weight is 300 g/mol. The molecule has 0 saturated carbocycles. The van der Waals surface area contributed by atoms with E-state index in [1.54, 1.807) is 0 Å². The normalized spacial score (nSPS) is 13.6. The van der Waals surface area contributed by atoms with Crippen LogP contribution in [0.25, 0.3) is 0 Å². The number of aryl methyl sites for hydroxylation is 1.